The number of ether oxygens (including phenoxy) is 3. The highest BCUT2D eigenvalue weighted by atomic mass is 16.5. The summed E-state index contributed by atoms with van der Waals surface area (Å²) in [5.74, 6) is 1.53. The van der Waals surface area contributed by atoms with E-state index in [-0.39, 0.29) is 6.10 Å². The summed E-state index contributed by atoms with van der Waals surface area (Å²) in [6.07, 6.45) is 1.36. The molecule has 1 aromatic carbocycles. The Hall–Kier alpha value is -1.26. The second-order valence-corrected chi connectivity index (χ2v) is 4.93. The number of benzene rings is 1. The lowest BCUT2D eigenvalue weighted by Gasteiger charge is -2.13. The summed E-state index contributed by atoms with van der Waals surface area (Å²) in [6.45, 7) is 9.16. The summed E-state index contributed by atoms with van der Waals surface area (Å²) >= 11 is 0. The third kappa shape index (κ3) is 6.26. The number of nitrogens with one attached hydrogen (secondary N) is 1. The third-order valence-electron chi connectivity index (χ3n) is 2.78. The van der Waals surface area contributed by atoms with Crippen LogP contribution >= 0.6 is 0 Å². The second kappa shape index (κ2) is 9.61. The van der Waals surface area contributed by atoms with Gasteiger partial charge in [0.15, 0.2) is 11.5 Å². The van der Waals surface area contributed by atoms with Crippen LogP contribution in [0, 0.1) is 0 Å². The quantitative estimate of drug-likeness (QED) is 0.669. The van der Waals surface area contributed by atoms with Crippen LogP contribution in [-0.2, 0) is 11.3 Å². The molecular formula is C16H27NO3. The Balaban J connectivity index is 2.54. The van der Waals surface area contributed by atoms with Gasteiger partial charge in [-0.25, -0.2) is 0 Å². The highest BCUT2D eigenvalue weighted by Crippen LogP contribution is 2.28. The van der Waals surface area contributed by atoms with E-state index in [1.54, 1.807) is 7.11 Å². The lowest BCUT2D eigenvalue weighted by Crippen LogP contribution is -2.14. The SMILES string of the molecule is CCCNCc1ccc(OC)c(OCCOC(C)C)c1. The normalized spacial score (nSPS) is 10.8. The molecule has 0 aliphatic rings. The van der Waals surface area contributed by atoms with Crippen molar-refractivity contribution in [1.29, 1.82) is 0 Å². The van der Waals surface area contributed by atoms with Gasteiger partial charge >= 0.3 is 0 Å². The molecule has 1 aromatic rings. The van der Waals surface area contributed by atoms with Crippen LogP contribution < -0.4 is 14.8 Å². The number of rotatable bonds is 10. The molecule has 0 fully saturated rings. The fraction of sp³-hybridized carbons (Fsp3) is 0.625. The third-order valence-corrected chi connectivity index (χ3v) is 2.78. The van der Waals surface area contributed by atoms with Gasteiger partial charge in [0.25, 0.3) is 0 Å². The molecule has 0 saturated carbocycles. The van der Waals surface area contributed by atoms with Crippen molar-refractivity contribution >= 4 is 0 Å². The number of hydrogen-bond donors (Lipinski definition) is 1. The van der Waals surface area contributed by atoms with Crippen molar-refractivity contribution in [2.75, 3.05) is 26.9 Å². The maximum atomic E-state index is 5.75. The van der Waals surface area contributed by atoms with Crippen molar-refractivity contribution in [3.63, 3.8) is 0 Å². The fourth-order valence-corrected chi connectivity index (χ4v) is 1.79. The second-order valence-electron chi connectivity index (χ2n) is 4.93. The summed E-state index contributed by atoms with van der Waals surface area (Å²) < 4.78 is 16.5. The molecule has 0 unspecified atom stereocenters. The summed E-state index contributed by atoms with van der Waals surface area (Å²) in [4.78, 5) is 0. The minimum atomic E-state index is 0.227. The predicted octanol–water partition coefficient (Wildman–Crippen LogP) is 3.00. The largest absolute Gasteiger partial charge is 0.493 e. The van der Waals surface area contributed by atoms with Gasteiger partial charge in [0.05, 0.1) is 19.8 Å². The first-order valence-corrected chi connectivity index (χ1v) is 7.29. The monoisotopic (exact) mass is 281 g/mol. The Labute approximate surface area is 122 Å². The van der Waals surface area contributed by atoms with Crippen molar-refractivity contribution in [3.05, 3.63) is 23.8 Å². The highest BCUT2D eigenvalue weighted by Gasteiger charge is 2.06. The van der Waals surface area contributed by atoms with Gasteiger partial charge < -0.3 is 19.5 Å². The molecule has 0 bridgehead atoms. The molecule has 20 heavy (non-hydrogen) atoms. The standard InChI is InChI=1S/C16H27NO3/c1-5-8-17-12-14-6-7-15(18-4)16(11-14)20-10-9-19-13(2)3/h6-7,11,13,17H,5,8-10,12H2,1-4H3. The maximum Gasteiger partial charge on any atom is 0.161 e. The van der Waals surface area contributed by atoms with Gasteiger partial charge in [0, 0.05) is 6.54 Å². The summed E-state index contributed by atoms with van der Waals surface area (Å²) in [7, 11) is 1.65. The molecule has 0 atom stereocenters. The number of methoxy groups -OCH3 is 1. The van der Waals surface area contributed by atoms with Gasteiger partial charge in [0.1, 0.15) is 6.61 Å². The van der Waals surface area contributed by atoms with Gasteiger partial charge in [0.2, 0.25) is 0 Å². The summed E-state index contributed by atoms with van der Waals surface area (Å²) in [5, 5.41) is 3.38. The van der Waals surface area contributed by atoms with E-state index >= 15 is 0 Å². The van der Waals surface area contributed by atoms with Gasteiger partial charge in [-0.1, -0.05) is 13.0 Å². The van der Waals surface area contributed by atoms with Crippen LogP contribution in [0.1, 0.15) is 32.8 Å². The van der Waals surface area contributed by atoms with Crippen LogP contribution in [0.2, 0.25) is 0 Å². The topological polar surface area (TPSA) is 39.7 Å². The van der Waals surface area contributed by atoms with E-state index in [9.17, 15) is 0 Å². The van der Waals surface area contributed by atoms with Crippen molar-refractivity contribution in [2.45, 2.75) is 39.8 Å². The minimum Gasteiger partial charge on any atom is -0.493 e. The zero-order valence-electron chi connectivity index (χ0n) is 13.1. The van der Waals surface area contributed by atoms with Crippen LogP contribution in [0.4, 0.5) is 0 Å². The Kier molecular flexibility index (Phi) is 8.07. The van der Waals surface area contributed by atoms with Crippen molar-refractivity contribution in [2.24, 2.45) is 0 Å². The Morgan fingerprint density at radius 3 is 2.60 bits per heavy atom. The van der Waals surface area contributed by atoms with E-state index in [1.807, 2.05) is 26.0 Å². The van der Waals surface area contributed by atoms with Gasteiger partial charge in [-0.05, 0) is 44.5 Å². The van der Waals surface area contributed by atoms with Crippen molar-refractivity contribution < 1.29 is 14.2 Å². The fourth-order valence-electron chi connectivity index (χ4n) is 1.79. The molecule has 0 spiro atoms. The first-order valence-electron chi connectivity index (χ1n) is 7.29. The molecule has 0 radical (unpaired) electrons. The lowest BCUT2D eigenvalue weighted by molar-refractivity contribution is 0.0546. The van der Waals surface area contributed by atoms with E-state index in [4.69, 9.17) is 14.2 Å². The van der Waals surface area contributed by atoms with E-state index < -0.39 is 0 Å². The van der Waals surface area contributed by atoms with E-state index in [1.165, 1.54) is 5.56 Å². The van der Waals surface area contributed by atoms with Gasteiger partial charge in [-0.15, -0.1) is 0 Å². The van der Waals surface area contributed by atoms with Crippen LogP contribution in [-0.4, -0.2) is 33.0 Å². The molecule has 0 aromatic heterocycles. The molecule has 1 rings (SSSR count). The molecule has 114 valence electrons. The number of hydrogen-bond acceptors (Lipinski definition) is 4. The first kappa shape index (κ1) is 16.8. The molecule has 1 N–H and O–H groups in total. The molecule has 4 nitrogen and oxygen atoms in total. The molecule has 0 aliphatic carbocycles. The van der Waals surface area contributed by atoms with Crippen LogP contribution in [0.25, 0.3) is 0 Å². The molecule has 0 saturated heterocycles. The van der Waals surface area contributed by atoms with Crippen LogP contribution in [0.15, 0.2) is 18.2 Å². The van der Waals surface area contributed by atoms with Crippen molar-refractivity contribution in [1.82, 2.24) is 5.32 Å². The zero-order valence-corrected chi connectivity index (χ0v) is 13.1. The van der Waals surface area contributed by atoms with E-state index in [0.717, 1.165) is 31.0 Å². The average molecular weight is 281 g/mol. The minimum absolute atomic E-state index is 0.227. The van der Waals surface area contributed by atoms with Gasteiger partial charge in [-0.2, -0.15) is 0 Å². The Bertz CT molecular complexity index is 380. The summed E-state index contributed by atoms with van der Waals surface area (Å²) in [5.41, 5.74) is 1.19. The molecule has 0 aliphatic heterocycles. The molecule has 0 amide bonds. The van der Waals surface area contributed by atoms with Crippen LogP contribution in [0.3, 0.4) is 0 Å². The Morgan fingerprint density at radius 1 is 1.15 bits per heavy atom. The van der Waals surface area contributed by atoms with Crippen molar-refractivity contribution in [3.8, 4) is 11.5 Å². The van der Waals surface area contributed by atoms with E-state index in [0.29, 0.717) is 13.2 Å². The Morgan fingerprint density at radius 2 is 1.95 bits per heavy atom. The first-order chi connectivity index (χ1) is 9.67. The molecule has 4 heteroatoms. The lowest BCUT2D eigenvalue weighted by atomic mass is 10.2. The van der Waals surface area contributed by atoms with E-state index in [2.05, 4.69) is 18.3 Å². The van der Waals surface area contributed by atoms with Crippen LogP contribution in [0.5, 0.6) is 11.5 Å². The predicted molar refractivity (Wildman–Crippen MR) is 81.6 cm³/mol. The van der Waals surface area contributed by atoms with Gasteiger partial charge in [-0.3, -0.25) is 0 Å². The summed E-state index contributed by atoms with van der Waals surface area (Å²) in [6, 6.07) is 6.03. The maximum absolute atomic E-state index is 5.75. The molecule has 0 heterocycles. The highest BCUT2D eigenvalue weighted by molar-refractivity contribution is 5.42. The smallest absolute Gasteiger partial charge is 0.161 e. The molecular weight excluding hydrogens is 254 g/mol. The average Bonchev–Trinajstić information content (AvgIpc) is 2.44. The zero-order chi connectivity index (χ0) is 14.8.